The minimum Gasteiger partial charge on any atom is -0.446 e. The first kappa shape index (κ1) is 20.4. The first-order valence-corrected chi connectivity index (χ1v) is 10.8. The Morgan fingerprint density at radius 3 is 1.79 bits per heavy atom. The number of ether oxygens (including phenoxy) is 1. The molecule has 3 rings (SSSR count). The highest BCUT2D eigenvalue weighted by Crippen LogP contribution is 2.18. The van der Waals surface area contributed by atoms with E-state index in [1.54, 1.807) is 0 Å². The van der Waals surface area contributed by atoms with Crippen LogP contribution in [0, 0.1) is 0 Å². The summed E-state index contributed by atoms with van der Waals surface area (Å²) < 4.78 is 5.95. The fourth-order valence-electron chi connectivity index (χ4n) is 3.91. The van der Waals surface area contributed by atoms with E-state index in [1.807, 2.05) is 4.90 Å². The van der Waals surface area contributed by atoms with Gasteiger partial charge in [0.1, 0.15) is 6.10 Å². The molecule has 1 fully saturated rings. The van der Waals surface area contributed by atoms with Crippen LogP contribution in [0.2, 0.25) is 0 Å². The standard InChI is InChI=1S/C25H33NO2/c27-25(26-20-8-3-9-21-26)28-24(18-10-16-22-12-4-1-5-13-22)19-11-17-23-14-6-2-7-15-23/h1-2,4-7,12-15,24H,3,8-11,16-21H2. The van der Waals surface area contributed by atoms with E-state index in [0.29, 0.717) is 0 Å². The highest BCUT2D eigenvalue weighted by molar-refractivity contribution is 5.67. The van der Waals surface area contributed by atoms with Gasteiger partial charge in [-0.25, -0.2) is 4.79 Å². The maximum atomic E-state index is 12.6. The number of hydrogen-bond acceptors (Lipinski definition) is 2. The molecule has 1 aliphatic heterocycles. The Labute approximate surface area is 169 Å². The van der Waals surface area contributed by atoms with Crippen LogP contribution >= 0.6 is 0 Å². The van der Waals surface area contributed by atoms with Crippen molar-refractivity contribution >= 4 is 6.09 Å². The van der Waals surface area contributed by atoms with Gasteiger partial charge in [-0.1, -0.05) is 60.7 Å². The summed E-state index contributed by atoms with van der Waals surface area (Å²) in [4.78, 5) is 14.5. The third kappa shape index (κ3) is 7.03. The fourth-order valence-corrected chi connectivity index (χ4v) is 3.91. The molecule has 1 amide bonds. The van der Waals surface area contributed by atoms with Gasteiger partial charge in [0.15, 0.2) is 0 Å². The third-order valence-corrected chi connectivity index (χ3v) is 5.55. The summed E-state index contributed by atoms with van der Waals surface area (Å²) in [6, 6.07) is 21.1. The molecule has 0 N–H and O–H groups in total. The number of likely N-dealkylation sites (tertiary alicyclic amines) is 1. The first-order chi connectivity index (χ1) is 13.8. The molecule has 0 aromatic heterocycles. The van der Waals surface area contributed by atoms with Gasteiger partial charge in [-0.15, -0.1) is 0 Å². The van der Waals surface area contributed by atoms with Crippen LogP contribution in [-0.2, 0) is 17.6 Å². The zero-order chi connectivity index (χ0) is 19.4. The van der Waals surface area contributed by atoms with Gasteiger partial charge in [0.2, 0.25) is 0 Å². The monoisotopic (exact) mass is 379 g/mol. The van der Waals surface area contributed by atoms with Crippen LogP contribution in [0.25, 0.3) is 0 Å². The van der Waals surface area contributed by atoms with E-state index in [-0.39, 0.29) is 12.2 Å². The second-order valence-electron chi connectivity index (χ2n) is 7.81. The Morgan fingerprint density at radius 1 is 0.786 bits per heavy atom. The molecule has 0 radical (unpaired) electrons. The summed E-state index contributed by atoms with van der Waals surface area (Å²) in [6.07, 6.45) is 9.37. The Balaban J connectivity index is 1.49. The topological polar surface area (TPSA) is 29.5 Å². The van der Waals surface area contributed by atoms with Gasteiger partial charge in [-0.3, -0.25) is 0 Å². The van der Waals surface area contributed by atoms with Gasteiger partial charge in [-0.2, -0.15) is 0 Å². The maximum Gasteiger partial charge on any atom is 0.410 e. The van der Waals surface area contributed by atoms with E-state index in [1.165, 1.54) is 17.5 Å². The van der Waals surface area contributed by atoms with E-state index < -0.39 is 0 Å². The largest absolute Gasteiger partial charge is 0.446 e. The lowest BCUT2D eigenvalue weighted by Crippen LogP contribution is -2.38. The van der Waals surface area contributed by atoms with Crippen molar-refractivity contribution < 1.29 is 9.53 Å². The molecular weight excluding hydrogens is 346 g/mol. The zero-order valence-corrected chi connectivity index (χ0v) is 16.9. The maximum absolute atomic E-state index is 12.6. The van der Waals surface area contributed by atoms with Crippen molar-refractivity contribution in [2.75, 3.05) is 13.1 Å². The van der Waals surface area contributed by atoms with Crippen molar-refractivity contribution in [3.05, 3.63) is 71.8 Å². The van der Waals surface area contributed by atoms with E-state index >= 15 is 0 Å². The lowest BCUT2D eigenvalue weighted by molar-refractivity contribution is 0.0488. The van der Waals surface area contributed by atoms with E-state index in [4.69, 9.17) is 4.74 Å². The van der Waals surface area contributed by atoms with Gasteiger partial charge < -0.3 is 9.64 Å². The first-order valence-electron chi connectivity index (χ1n) is 10.8. The molecule has 3 heteroatoms. The summed E-state index contributed by atoms with van der Waals surface area (Å²) in [5.41, 5.74) is 2.71. The Hall–Kier alpha value is -2.29. The Kier molecular flexibility index (Phi) is 8.42. The van der Waals surface area contributed by atoms with Crippen molar-refractivity contribution in [1.29, 1.82) is 0 Å². The normalized spacial score (nSPS) is 14.2. The van der Waals surface area contributed by atoms with Gasteiger partial charge in [0.05, 0.1) is 0 Å². The van der Waals surface area contributed by atoms with Crippen LogP contribution in [0.4, 0.5) is 4.79 Å². The van der Waals surface area contributed by atoms with Crippen molar-refractivity contribution in [2.24, 2.45) is 0 Å². The number of rotatable bonds is 9. The summed E-state index contributed by atoms with van der Waals surface area (Å²) >= 11 is 0. The molecule has 28 heavy (non-hydrogen) atoms. The summed E-state index contributed by atoms with van der Waals surface area (Å²) in [7, 11) is 0. The number of carbonyl (C=O) groups excluding carboxylic acids is 1. The number of benzene rings is 2. The van der Waals surface area contributed by atoms with Crippen molar-refractivity contribution in [3.63, 3.8) is 0 Å². The lowest BCUT2D eigenvalue weighted by Gasteiger charge is -2.28. The molecule has 0 saturated carbocycles. The quantitative estimate of drug-likeness (QED) is 0.533. The number of amides is 1. The molecule has 3 nitrogen and oxygen atoms in total. The van der Waals surface area contributed by atoms with Crippen LogP contribution in [0.15, 0.2) is 60.7 Å². The van der Waals surface area contributed by atoms with Crippen molar-refractivity contribution in [3.8, 4) is 0 Å². The molecule has 0 unspecified atom stereocenters. The minimum atomic E-state index is -0.107. The highest BCUT2D eigenvalue weighted by atomic mass is 16.6. The predicted octanol–water partition coefficient (Wildman–Crippen LogP) is 6.02. The van der Waals surface area contributed by atoms with E-state index in [9.17, 15) is 4.79 Å². The molecule has 2 aromatic carbocycles. The SMILES string of the molecule is O=C(OC(CCCc1ccccc1)CCCc1ccccc1)N1CCCCC1. The number of hydrogen-bond donors (Lipinski definition) is 0. The van der Waals surface area contributed by atoms with Gasteiger partial charge in [0, 0.05) is 13.1 Å². The second kappa shape index (κ2) is 11.5. The van der Waals surface area contributed by atoms with Gasteiger partial charge >= 0.3 is 6.09 Å². The summed E-state index contributed by atoms with van der Waals surface area (Å²) in [6.45, 7) is 1.69. The van der Waals surface area contributed by atoms with Crippen LogP contribution < -0.4 is 0 Å². The molecule has 0 bridgehead atoms. The predicted molar refractivity (Wildman–Crippen MR) is 114 cm³/mol. The van der Waals surface area contributed by atoms with Gasteiger partial charge in [0.25, 0.3) is 0 Å². The molecule has 1 aliphatic rings. The van der Waals surface area contributed by atoms with Crippen LogP contribution in [0.3, 0.4) is 0 Å². The fraction of sp³-hybridized carbons (Fsp3) is 0.480. The third-order valence-electron chi connectivity index (χ3n) is 5.55. The molecule has 1 heterocycles. The smallest absolute Gasteiger partial charge is 0.410 e. The summed E-state index contributed by atoms with van der Waals surface area (Å²) in [5, 5.41) is 0. The molecule has 0 aliphatic carbocycles. The number of piperidine rings is 1. The Bertz CT molecular complexity index is 635. The van der Waals surface area contributed by atoms with Crippen LogP contribution in [-0.4, -0.2) is 30.2 Å². The Morgan fingerprint density at radius 2 is 1.29 bits per heavy atom. The average molecular weight is 380 g/mol. The number of carbonyl (C=O) groups is 1. The zero-order valence-electron chi connectivity index (χ0n) is 16.9. The molecule has 1 saturated heterocycles. The molecule has 0 atom stereocenters. The average Bonchev–Trinajstić information content (AvgIpc) is 2.75. The summed E-state index contributed by atoms with van der Waals surface area (Å²) in [5.74, 6) is 0. The van der Waals surface area contributed by atoms with Crippen LogP contribution in [0.1, 0.15) is 56.1 Å². The minimum absolute atomic E-state index is 0.0156. The van der Waals surface area contributed by atoms with E-state index in [2.05, 4.69) is 60.7 Å². The van der Waals surface area contributed by atoms with Gasteiger partial charge in [-0.05, 0) is 68.9 Å². The number of aryl methyl sites for hydroxylation is 2. The van der Waals surface area contributed by atoms with E-state index in [0.717, 1.165) is 64.5 Å². The van der Waals surface area contributed by atoms with Crippen molar-refractivity contribution in [2.45, 2.75) is 63.9 Å². The molecule has 0 spiro atoms. The van der Waals surface area contributed by atoms with Crippen molar-refractivity contribution in [1.82, 2.24) is 4.90 Å². The molecule has 150 valence electrons. The number of nitrogens with zero attached hydrogens (tertiary/aromatic N) is 1. The highest BCUT2D eigenvalue weighted by Gasteiger charge is 2.21. The second-order valence-corrected chi connectivity index (χ2v) is 7.81. The molecule has 2 aromatic rings. The molecular formula is C25H33NO2. The lowest BCUT2D eigenvalue weighted by atomic mass is 10.0. The van der Waals surface area contributed by atoms with Crippen LogP contribution in [0.5, 0.6) is 0 Å².